The summed E-state index contributed by atoms with van der Waals surface area (Å²) >= 11 is 0. The van der Waals surface area contributed by atoms with Crippen LogP contribution in [-0.4, -0.2) is 54.5 Å². The van der Waals surface area contributed by atoms with Crippen LogP contribution < -0.4 is 5.32 Å². The van der Waals surface area contributed by atoms with Crippen molar-refractivity contribution in [1.29, 1.82) is 0 Å². The summed E-state index contributed by atoms with van der Waals surface area (Å²) in [6.07, 6.45) is 4.29. The van der Waals surface area contributed by atoms with Crippen molar-refractivity contribution in [1.82, 2.24) is 15.1 Å². The minimum atomic E-state index is 0.0329. The molecule has 0 spiro atoms. The molecule has 0 aliphatic carbocycles. The van der Waals surface area contributed by atoms with Gasteiger partial charge in [-0.05, 0) is 31.6 Å². The highest BCUT2D eigenvalue weighted by atomic mass is 16.2. The number of rotatable bonds is 2. The van der Waals surface area contributed by atoms with E-state index in [0.717, 1.165) is 58.4 Å². The number of urea groups is 1. The molecule has 2 aliphatic heterocycles. The van der Waals surface area contributed by atoms with E-state index in [1.807, 2.05) is 9.80 Å². The van der Waals surface area contributed by atoms with Gasteiger partial charge in [-0.2, -0.15) is 0 Å². The Kier molecular flexibility index (Phi) is 4.44. The summed E-state index contributed by atoms with van der Waals surface area (Å²) in [6, 6.07) is 0.213. The summed E-state index contributed by atoms with van der Waals surface area (Å²) in [5.41, 5.74) is 0. The van der Waals surface area contributed by atoms with Crippen LogP contribution in [0.3, 0.4) is 0 Å². The molecule has 2 heterocycles. The summed E-state index contributed by atoms with van der Waals surface area (Å²) in [5, 5.41) is 2.86. The van der Waals surface area contributed by atoms with Crippen molar-refractivity contribution in [3.05, 3.63) is 0 Å². The molecular formula is C13H23N3O2. The van der Waals surface area contributed by atoms with Crippen molar-refractivity contribution >= 4 is 11.9 Å². The van der Waals surface area contributed by atoms with Gasteiger partial charge in [-0.15, -0.1) is 0 Å². The normalized spacial score (nSPS) is 21.2. The van der Waals surface area contributed by atoms with Crippen LogP contribution in [0.4, 0.5) is 4.79 Å². The Labute approximate surface area is 108 Å². The monoisotopic (exact) mass is 253 g/mol. The molecule has 2 aliphatic rings. The Morgan fingerprint density at radius 1 is 1.06 bits per heavy atom. The van der Waals surface area contributed by atoms with Crippen LogP contribution >= 0.6 is 0 Å². The fraction of sp³-hybridized carbons (Fsp3) is 0.846. The maximum absolute atomic E-state index is 12.2. The van der Waals surface area contributed by atoms with E-state index >= 15 is 0 Å². The quantitative estimate of drug-likeness (QED) is 0.799. The second-order valence-corrected chi connectivity index (χ2v) is 5.34. The van der Waals surface area contributed by atoms with Crippen LogP contribution in [-0.2, 0) is 4.79 Å². The summed E-state index contributed by atoms with van der Waals surface area (Å²) in [7, 11) is 0. The molecule has 0 bridgehead atoms. The maximum Gasteiger partial charge on any atom is 0.319 e. The molecule has 0 aromatic rings. The molecule has 5 heteroatoms. The largest absolute Gasteiger partial charge is 0.356 e. The second kappa shape index (κ2) is 6.07. The van der Waals surface area contributed by atoms with Crippen molar-refractivity contribution in [3.8, 4) is 0 Å². The summed E-state index contributed by atoms with van der Waals surface area (Å²) in [6.45, 7) is 5.81. The van der Waals surface area contributed by atoms with Gasteiger partial charge < -0.3 is 15.1 Å². The van der Waals surface area contributed by atoms with Crippen molar-refractivity contribution in [3.63, 3.8) is 0 Å². The molecule has 0 unspecified atom stereocenters. The second-order valence-electron chi connectivity index (χ2n) is 5.34. The lowest BCUT2D eigenvalue weighted by Gasteiger charge is -2.34. The number of piperidine rings is 1. The molecule has 0 atom stereocenters. The molecule has 18 heavy (non-hydrogen) atoms. The van der Waals surface area contributed by atoms with Gasteiger partial charge in [0.1, 0.15) is 0 Å². The molecule has 0 aromatic heterocycles. The first-order valence-corrected chi connectivity index (χ1v) is 6.95. The van der Waals surface area contributed by atoms with Crippen LogP contribution in [0.2, 0.25) is 0 Å². The third-order valence-corrected chi connectivity index (χ3v) is 3.90. The number of carbonyl (C=O) groups is 2. The predicted molar refractivity (Wildman–Crippen MR) is 69.2 cm³/mol. The number of nitrogens with one attached hydrogen (secondary N) is 1. The maximum atomic E-state index is 12.2. The fourth-order valence-corrected chi connectivity index (χ4v) is 2.72. The molecule has 2 rings (SSSR count). The van der Waals surface area contributed by atoms with Gasteiger partial charge in [-0.1, -0.05) is 0 Å². The highest BCUT2D eigenvalue weighted by Crippen LogP contribution is 2.19. The zero-order valence-corrected chi connectivity index (χ0v) is 11.2. The first-order valence-electron chi connectivity index (χ1n) is 6.95. The molecule has 0 saturated carbocycles. The van der Waals surface area contributed by atoms with Gasteiger partial charge in [0.25, 0.3) is 0 Å². The van der Waals surface area contributed by atoms with Crippen molar-refractivity contribution in [2.75, 3.05) is 32.7 Å². The summed E-state index contributed by atoms with van der Waals surface area (Å²) in [4.78, 5) is 26.9. The predicted octanol–water partition coefficient (Wildman–Crippen LogP) is 1.05. The molecule has 1 N–H and O–H groups in total. The number of carbonyl (C=O) groups excluding carboxylic acids is 2. The Bertz CT molecular complexity index is 305. The molecule has 0 aromatic carbocycles. The Morgan fingerprint density at radius 2 is 1.61 bits per heavy atom. The van der Waals surface area contributed by atoms with Crippen LogP contribution in [0.5, 0.6) is 0 Å². The Hall–Kier alpha value is -1.26. The molecular weight excluding hydrogens is 230 g/mol. The van der Waals surface area contributed by atoms with Gasteiger partial charge in [0.05, 0.1) is 0 Å². The lowest BCUT2D eigenvalue weighted by atomic mass is 9.97. The number of nitrogens with zero attached hydrogens (tertiary/aromatic N) is 2. The van der Waals surface area contributed by atoms with E-state index in [1.54, 1.807) is 6.92 Å². The number of likely N-dealkylation sites (tertiary alicyclic amines) is 2. The van der Waals surface area contributed by atoms with Crippen LogP contribution in [0.1, 0.15) is 32.6 Å². The van der Waals surface area contributed by atoms with E-state index < -0.39 is 0 Å². The summed E-state index contributed by atoms with van der Waals surface area (Å²) in [5.74, 6) is 0.558. The number of amides is 3. The third kappa shape index (κ3) is 3.37. The van der Waals surface area contributed by atoms with Crippen LogP contribution in [0.15, 0.2) is 0 Å². The molecule has 3 amide bonds. The van der Waals surface area contributed by atoms with Gasteiger partial charge in [0, 0.05) is 39.6 Å². The third-order valence-electron chi connectivity index (χ3n) is 3.90. The van der Waals surface area contributed by atoms with Gasteiger partial charge in [0.2, 0.25) is 5.91 Å². The van der Waals surface area contributed by atoms with Gasteiger partial charge in [0.15, 0.2) is 0 Å². The van der Waals surface area contributed by atoms with E-state index in [2.05, 4.69) is 5.32 Å². The van der Waals surface area contributed by atoms with Gasteiger partial charge in [-0.3, -0.25) is 4.79 Å². The average Bonchev–Trinajstić information content (AvgIpc) is 2.90. The van der Waals surface area contributed by atoms with Gasteiger partial charge >= 0.3 is 6.03 Å². The average molecular weight is 253 g/mol. The summed E-state index contributed by atoms with van der Waals surface area (Å²) < 4.78 is 0. The molecule has 102 valence electrons. The topological polar surface area (TPSA) is 52.7 Å². The highest BCUT2D eigenvalue weighted by Gasteiger charge is 2.27. The SMILES string of the molecule is CC(=O)NCC1CCN(C(=O)N2CCCC2)CC1. The van der Waals surface area contributed by atoms with Crippen LogP contribution in [0, 0.1) is 5.92 Å². The minimum Gasteiger partial charge on any atom is -0.356 e. The molecule has 5 nitrogen and oxygen atoms in total. The van der Waals surface area contributed by atoms with Crippen molar-refractivity contribution in [2.24, 2.45) is 5.92 Å². The first kappa shape index (κ1) is 13.2. The zero-order chi connectivity index (χ0) is 13.0. The lowest BCUT2D eigenvalue weighted by molar-refractivity contribution is -0.119. The first-order chi connectivity index (χ1) is 8.66. The van der Waals surface area contributed by atoms with Crippen molar-refractivity contribution < 1.29 is 9.59 Å². The molecule has 2 saturated heterocycles. The van der Waals surface area contributed by atoms with E-state index in [9.17, 15) is 9.59 Å². The Morgan fingerprint density at radius 3 is 2.17 bits per heavy atom. The number of hydrogen-bond donors (Lipinski definition) is 1. The van der Waals surface area contributed by atoms with Gasteiger partial charge in [-0.25, -0.2) is 4.79 Å². The minimum absolute atomic E-state index is 0.0329. The Balaban J connectivity index is 1.72. The van der Waals surface area contributed by atoms with Crippen LogP contribution in [0.25, 0.3) is 0 Å². The lowest BCUT2D eigenvalue weighted by Crippen LogP contribution is -2.46. The van der Waals surface area contributed by atoms with E-state index in [4.69, 9.17) is 0 Å². The standard InChI is InChI=1S/C13H23N3O2/c1-11(17)14-10-12-4-8-16(9-5-12)13(18)15-6-2-3-7-15/h12H,2-10H2,1H3,(H,14,17). The van der Waals surface area contributed by atoms with E-state index in [0.29, 0.717) is 5.92 Å². The number of hydrogen-bond acceptors (Lipinski definition) is 2. The van der Waals surface area contributed by atoms with E-state index in [1.165, 1.54) is 0 Å². The zero-order valence-electron chi connectivity index (χ0n) is 11.2. The van der Waals surface area contributed by atoms with E-state index in [-0.39, 0.29) is 11.9 Å². The smallest absolute Gasteiger partial charge is 0.319 e. The fourth-order valence-electron chi connectivity index (χ4n) is 2.72. The van der Waals surface area contributed by atoms with Crippen molar-refractivity contribution in [2.45, 2.75) is 32.6 Å². The highest BCUT2D eigenvalue weighted by molar-refractivity contribution is 5.75. The molecule has 2 fully saturated rings. The molecule has 0 radical (unpaired) electrons.